The van der Waals surface area contributed by atoms with Crippen LogP contribution in [0.15, 0.2) is 18.2 Å². The van der Waals surface area contributed by atoms with Crippen LogP contribution >= 0.6 is 0 Å². The quantitative estimate of drug-likeness (QED) is 0.872. The van der Waals surface area contributed by atoms with Crippen LogP contribution in [0.5, 0.6) is 5.75 Å². The van der Waals surface area contributed by atoms with Crippen molar-refractivity contribution in [2.45, 2.75) is 26.2 Å². The number of benzene rings is 1. The van der Waals surface area contributed by atoms with Crippen molar-refractivity contribution in [2.75, 3.05) is 11.9 Å². The Bertz CT molecular complexity index is 810. The second-order valence-electron chi connectivity index (χ2n) is 5.75. The molecule has 1 aliphatic heterocycles. The molecule has 2 aromatic rings. The van der Waals surface area contributed by atoms with Gasteiger partial charge in [-0.3, -0.25) is 14.3 Å². The number of ether oxygens (including phenoxy) is 1. The van der Waals surface area contributed by atoms with Crippen molar-refractivity contribution < 1.29 is 14.3 Å². The number of rotatable bonds is 5. The van der Waals surface area contributed by atoms with Crippen LogP contribution in [0.25, 0.3) is 0 Å². The molecule has 2 heterocycles. The molecule has 126 valence electrons. The summed E-state index contributed by atoms with van der Waals surface area (Å²) in [5.74, 6) is -0.352. The molecule has 0 radical (unpaired) electrons. The third kappa shape index (κ3) is 2.73. The monoisotopic (exact) mass is 328 g/mol. The average Bonchev–Trinajstić information content (AvgIpc) is 3.12. The molecule has 24 heavy (non-hydrogen) atoms. The number of fused-ring (bicyclic) bond motifs is 1. The van der Waals surface area contributed by atoms with E-state index in [1.807, 2.05) is 19.1 Å². The predicted molar refractivity (Wildman–Crippen MR) is 89.3 cm³/mol. The van der Waals surface area contributed by atoms with E-state index < -0.39 is 5.91 Å². The van der Waals surface area contributed by atoms with Gasteiger partial charge in [-0.25, -0.2) is 0 Å². The number of para-hydroxylation sites is 1. The molecule has 1 aromatic heterocycles. The van der Waals surface area contributed by atoms with Gasteiger partial charge in [0.1, 0.15) is 11.4 Å². The van der Waals surface area contributed by atoms with Crippen LogP contribution in [0.2, 0.25) is 0 Å². The van der Waals surface area contributed by atoms with Gasteiger partial charge in [-0.2, -0.15) is 5.10 Å². The van der Waals surface area contributed by atoms with E-state index in [0.29, 0.717) is 35.7 Å². The van der Waals surface area contributed by atoms with Crippen LogP contribution in [0.3, 0.4) is 0 Å². The normalized spacial score (nSPS) is 12.6. The van der Waals surface area contributed by atoms with E-state index in [9.17, 15) is 9.59 Å². The molecule has 0 fully saturated rings. The SMILES string of the molecule is CCCc1nn(C)c(C(N)=O)c1NC(=O)c1cccc2c1OCC2. The number of nitrogens with one attached hydrogen (secondary N) is 1. The number of carbonyl (C=O) groups is 2. The summed E-state index contributed by atoms with van der Waals surface area (Å²) in [5.41, 5.74) is 8.14. The van der Waals surface area contributed by atoms with E-state index >= 15 is 0 Å². The summed E-state index contributed by atoms with van der Waals surface area (Å²) in [5, 5.41) is 7.12. The van der Waals surface area contributed by atoms with Gasteiger partial charge in [0.2, 0.25) is 0 Å². The summed E-state index contributed by atoms with van der Waals surface area (Å²) in [6.07, 6.45) is 2.26. The van der Waals surface area contributed by atoms with Crippen molar-refractivity contribution in [3.8, 4) is 5.75 Å². The highest BCUT2D eigenvalue weighted by Crippen LogP contribution is 2.31. The fourth-order valence-corrected chi connectivity index (χ4v) is 2.98. The number of hydrogen-bond donors (Lipinski definition) is 2. The molecule has 0 saturated heterocycles. The van der Waals surface area contributed by atoms with Crippen LogP contribution in [0.1, 0.15) is 45.4 Å². The van der Waals surface area contributed by atoms with E-state index in [1.165, 1.54) is 4.68 Å². The molecular formula is C17H20N4O3. The molecule has 7 heteroatoms. The molecule has 1 aromatic carbocycles. The molecular weight excluding hydrogens is 308 g/mol. The van der Waals surface area contributed by atoms with Gasteiger partial charge in [-0.15, -0.1) is 0 Å². The first-order valence-electron chi connectivity index (χ1n) is 7.94. The first-order chi connectivity index (χ1) is 11.5. The molecule has 0 aliphatic carbocycles. The predicted octanol–water partition coefficient (Wildman–Crippen LogP) is 1.66. The zero-order valence-electron chi connectivity index (χ0n) is 13.8. The molecule has 3 rings (SSSR count). The smallest absolute Gasteiger partial charge is 0.269 e. The van der Waals surface area contributed by atoms with E-state index in [1.54, 1.807) is 13.1 Å². The average molecular weight is 328 g/mol. The van der Waals surface area contributed by atoms with Crippen molar-refractivity contribution in [2.24, 2.45) is 12.8 Å². The van der Waals surface area contributed by atoms with E-state index in [4.69, 9.17) is 10.5 Å². The second-order valence-corrected chi connectivity index (χ2v) is 5.75. The van der Waals surface area contributed by atoms with Gasteiger partial charge in [0, 0.05) is 13.5 Å². The summed E-state index contributed by atoms with van der Waals surface area (Å²) in [7, 11) is 1.64. The Kier molecular flexibility index (Phi) is 4.24. The maximum atomic E-state index is 12.7. The second kappa shape index (κ2) is 6.35. The fourth-order valence-electron chi connectivity index (χ4n) is 2.98. The summed E-state index contributed by atoms with van der Waals surface area (Å²) in [6, 6.07) is 5.48. The van der Waals surface area contributed by atoms with Gasteiger partial charge in [0.05, 0.1) is 23.6 Å². The Morgan fingerprint density at radius 2 is 2.21 bits per heavy atom. The standard InChI is InChI=1S/C17H20N4O3/c1-3-5-12-13(14(16(18)22)21(2)20-12)19-17(23)11-7-4-6-10-8-9-24-15(10)11/h4,6-7H,3,5,8-9H2,1-2H3,(H2,18,22)(H,19,23). The molecule has 1 aliphatic rings. The minimum atomic E-state index is -0.628. The summed E-state index contributed by atoms with van der Waals surface area (Å²) >= 11 is 0. The lowest BCUT2D eigenvalue weighted by Crippen LogP contribution is -2.20. The lowest BCUT2D eigenvalue weighted by molar-refractivity contribution is 0.0992. The van der Waals surface area contributed by atoms with Gasteiger partial charge in [-0.05, 0) is 18.1 Å². The lowest BCUT2D eigenvalue weighted by Gasteiger charge is -2.10. The van der Waals surface area contributed by atoms with Gasteiger partial charge < -0.3 is 15.8 Å². The Labute approximate surface area is 139 Å². The molecule has 3 N–H and O–H groups in total. The highest BCUT2D eigenvalue weighted by atomic mass is 16.5. The van der Waals surface area contributed by atoms with E-state index in [-0.39, 0.29) is 11.6 Å². The van der Waals surface area contributed by atoms with Crippen LogP contribution < -0.4 is 15.8 Å². The van der Waals surface area contributed by atoms with Crippen LogP contribution in [-0.4, -0.2) is 28.2 Å². The summed E-state index contributed by atoms with van der Waals surface area (Å²) in [4.78, 5) is 24.5. The highest BCUT2D eigenvalue weighted by Gasteiger charge is 2.25. The molecule has 7 nitrogen and oxygen atoms in total. The largest absolute Gasteiger partial charge is 0.492 e. The van der Waals surface area contributed by atoms with Crippen molar-refractivity contribution in [1.82, 2.24) is 9.78 Å². The number of anilines is 1. The number of nitrogens with zero attached hydrogens (tertiary/aromatic N) is 2. The lowest BCUT2D eigenvalue weighted by atomic mass is 10.1. The van der Waals surface area contributed by atoms with Crippen LogP contribution in [-0.2, 0) is 19.9 Å². The molecule has 0 spiro atoms. The van der Waals surface area contributed by atoms with Gasteiger partial charge in [-0.1, -0.05) is 25.5 Å². The minimum Gasteiger partial charge on any atom is -0.492 e. The number of carbonyl (C=O) groups excluding carboxylic acids is 2. The number of aromatic nitrogens is 2. The van der Waals surface area contributed by atoms with E-state index in [2.05, 4.69) is 10.4 Å². The maximum Gasteiger partial charge on any atom is 0.269 e. The van der Waals surface area contributed by atoms with Crippen molar-refractivity contribution in [3.05, 3.63) is 40.7 Å². The van der Waals surface area contributed by atoms with E-state index in [0.717, 1.165) is 18.4 Å². The number of hydrogen-bond acceptors (Lipinski definition) is 4. The topological polar surface area (TPSA) is 99.2 Å². The molecule has 0 saturated carbocycles. The first kappa shape index (κ1) is 16.0. The van der Waals surface area contributed by atoms with Crippen LogP contribution in [0, 0.1) is 0 Å². The fraction of sp³-hybridized carbons (Fsp3) is 0.353. The van der Waals surface area contributed by atoms with Crippen molar-refractivity contribution >= 4 is 17.5 Å². The zero-order valence-corrected chi connectivity index (χ0v) is 13.8. The molecule has 0 bridgehead atoms. The number of amides is 2. The Balaban J connectivity index is 1.98. The molecule has 0 unspecified atom stereocenters. The highest BCUT2D eigenvalue weighted by molar-refractivity contribution is 6.10. The first-order valence-corrected chi connectivity index (χ1v) is 7.94. The molecule has 2 amide bonds. The van der Waals surface area contributed by atoms with Crippen molar-refractivity contribution in [3.63, 3.8) is 0 Å². The maximum absolute atomic E-state index is 12.7. The van der Waals surface area contributed by atoms with Gasteiger partial charge in [0.15, 0.2) is 0 Å². The molecule has 0 atom stereocenters. The minimum absolute atomic E-state index is 0.195. The number of nitrogens with two attached hydrogens (primary N) is 1. The van der Waals surface area contributed by atoms with Crippen LogP contribution in [0.4, 0.5) is 5.69 Å². The summed E-state index contributed by atoms with van der Waals surface area (Å²) < 4.78 is 6.99. The summed E-state index contributed by atoms with van der Waals surface area (Å²) in [6.45, 7) is 2.57. The Morgan fingerprint density at radius 3 is 2.92 bits per heavy atom. The number of primary amides is 1. The van der Waals surface area contributed by atoms with Gasteiger partial charge in [0.25, 0.3) is 11.8 Å². The third-order valence-corrected chi connectivity index (χ3v) is 4.04. The van der Waals surface area contributed by atoms with Gasteiger partial charge >= 0.3 is 0 Å². The Morgan fingerprint density at radius 1 is 1.42 bits per heavy atom. The Hall–Kier alpha value is -2.83. The van der Waals surface area contributed by atoms with Crippen molar-refractivity contribution in [1.29, 1.82) is 0 Å². The third-order valence-electron chi connectivity index (χ3n) is 4.04. The number of aryl methyl sites for hydroxylation is 2. The zero-order chi connectivity index (χ0) is 17.3.